The van der Waals surface area contributed by atoms with Crippen LogP contribution >= 0.6 is 0 Å². The number of benzene rings is 1. The number of carbonyl (C=O) groups excluding carboxylic acids is 1. The lowest BCUT2D eigenvalue weighted by Gasteiger charge is -2.22. The van der Waals surface area contributed by atoms with Gasteiger partial charge in [0.25, 0.3) is 5.91 Å². The van der Waals surface area contributed by atoms with E-state index >= 15 is 0 Å². The Morgan fingerprint density at radius 2 is 2.06 bits per heavy atom. The van der Waals surface area contributed by atoms with Crippen molar-refractivity contribution in [3.63, 3.8) is 0 Å². The molecule has 0 bridgehead atoms. The summed E-state index contributed by atoms with van der Waals surface area (Å²) in [7, 11) is -0.755. The number of anilines is 1. The second kappa shape index (κ2) is 5.48. The molecule has 1 saturated heterocycles. The van der Waals surface area contributed by atoms with Gasteiger partial charge in [-0.1, -0.05) is 0 Å². The SMILES string of the molecule is Nc1ccc(C(=O)NC2CCS(=O)CC2)cc1F. The largest absolute Gasteiger partial charge is 0.396 e. The van der Waals surface area contributed by atoms with E-state index in [0.29, 0.717) is 24.3 Å². The molecule has 0 atom stereocenters. The Hall–Kier alpha value is -1.43. The van der Waals surface area contributed by atoms with Crippen LogP contribution in [-0.2, 0) is 10.8 Å². The maximum Gasteiger partial charge on any atom is 0.251 e. The minimum absolute atomic E-state index is 0.0239. The molecule has 0 saturated carbocycles. The van der Waals surface area contributed by atoms with Crippen LogP contribution in [0, 0.1) is 5.82 Å². The fourth-order valence-electron chi connectivity index (χ4n) is 1.88. The van der Waals surface area contributed by atoms with Gasteiger partial charge in [-0.15, -0.1) is 0 Å². The zero-order valence-corrected chi connectivity index (χ0v) is 10.6. The number of carbonyl (C=O) groups is 1. The van der Waals surface area contributed by atoms with Crippen LogP contribution in [0.3, 0.4) is 0 Å². The van der Waals surface area contributed by atoms with Crippen molar-refractivity contribution in [1.29, 1.82) is 0 Å². The van der Waals surface area contributed by atoms with Gasteiger partial charge in [-0.05, 0) is 31.0 Å². The quantitative estimate of drug-likeness (QED) is 0.789. The minimum atomic E-state index is -0.755. The summed E-state index contributed by atoms with van der Waals surface area (Å²) in [6.07, 6.45) is 1.41. The lowest BCUT2D eigenvalue weighted by Crippen LogP contribution is -2.39. The molecule has 0 radical (unpaired) electrons. The number of amides is 1. The molecule has 1 amide bonds. The molecule has 1 aliphatic rings. The molecule has 1 fully saturated rings. The summed E-state index contributed by atoms with van der Waals surface area (Å²) in [5.74, 6) is 0.321. The van der Waals surface area contributed by atoms with Crippen molar-refractivity contribution in [2.45, 2.75) is 18.9 Å². The van der Waals surface area contributed by atoms with Gasteiger partial charge in [-0.25, -0.2) is 4.39 Å². The lowest BCUT2D eigenvalue weighted by atomic mass is 10.1. The molecule has 1 heterocycles. The molecule has 0 unspecified atom stereocenters. The van der Waals surface area contributed by atoms with Crippen LogP contribution in [0.15, 0.2) is 18.2 Å². The van der Waals surface area contributed by atoms with Crippen LogP contribution < -0.4 is 11.1 Å². The smallest absolute Gasteiger partial charge is 0.251 e. The van der Waals surface area contributed by atoms with Crippen molar-refractivity contribution >= 4 is 22.4 Å². The number of halogens is 1. The predicted molar refractivity (Wildman–Crippen MR) is 69.2 cm³/mol. The summed E-state index contributed by atoms with van der Waals surface area (Å²) in [4.78, 5) is 11.9. The van der Waals surface area contributed by atoms with Crippen LogP contribution in [0.5, 0.6) is 0 Å². The van der Waals surface area contributed by atoms with Gasteiger partial charge in [0.2, 0.25) is 0 Å². The van der Waals surface area contributed by atoms with Crippen LogP contribution in [0.2, 0.25) is 0 Å². The number of nitrogen functional groups attached to an aromatic ring is 1. The molecule has 2 rings (SSSR count). The average molecular weight is 270 g/mol. The van der Waals surface area contributed by atoms with Gasteiger partial charge in [0.05, 0.1) is 5.69 Å². The van der Waals surface area contributed by atoms with Gasteiger partial charge in [-0.3, -0.25) is 9.00 Å². The van der Waals surface area contributed by atoms with Crippen molar-refractivity contribution in [3.8, 4) is 0 Å². The highest BCUT2D eigenvalue weighted by atomic mass is 32.2. The van der Waals surface area contributed by atoms with Crippen LogP contribution in [0.25, 0.3) is 0 Å². The third kappa shape index (κ3) is 3.07. The molecule has 6 heteroatoms. The molecule has 4 nitrogen and oxygen atoms in total. The molecule has 3 N–H and O–H groups in total. The van der Waals surface area contributed by atoms with E-state index in [9.17, 15) is 13.4 Å². The number of rotatable bonds is 2. The topological polar surface area (TPSA) is 72.2 Å². The maximum atomic E-state index is 13.2. The molecule has 1 aromatic rings. The van der Waals surface area contributed by atoms with E-state index in [0.717, 1.165) is 6.07 Å². The van der Waals surface area contributed by atoms with E-state index in [1.54, 1.807) is 0 Å². The van der Waals surface area contributed by atoms with E-state index in [4.69, 9.17) is 5.73 Å². The van der Waals surface area contributed by atoms with E-state index in [1.807, 2.05) is 0 Å². The standard InChI is InChI=1S/C12H15FN2O2S/c13-10-7-8(1-2-11(10)14)12(16)15-9-3-5-18(17)6-4-9/h1-2,7,9H,3-6,14H2,(H,15,16). The summed E-state index contributed by atoms with van der Waals surface area (Å²) in [5.41, 5.74) is 5.63. The van der Waals surface area contributed by atoms with Crippen LogP contribution in [-0.4, -0.2) is 27.7 Å². The molecule has 1 aromatic carbocycles. The summed E-state index contributed by atoms with van der Waals surface area (Å²) in [6.45, 7) is 0. The molecule has 0 aliphatic carbocycles. The Labute approximate surface area is 107 Å². The normalized spacial score (nSPS) is 23.6. The third-order valence-corrected chi connectivity index (χ3v) is 4.37. The average Bonchev–Trinajstić information content (AvgIpc) is 2.35. The summed E-state index contributed by atoms with van der Waals surface area (Å²) in [5, 5.41) is 2.82. The molecule has 98 valence electrons. The maximum absolute atomic E-state index is 13.2. The Morgan fingerprint density at radius 1 is 1.39 bits per heavy atom. The molecule has 18 heavy (non-hydrogen) atoms. The van der Waals surface area contributed by atoms with Crippen LogP contribution in [0.4, 0.5) is 10.1 Å². The first-order valence-electron chi connectivity index (χ1n) is 5.77. The Balaban J connectivity index is 1.99. The number of hydrogen-bond acceptors (Lipinski definition) is 3. The Morgan fingerprint density at radius 3 is 2.67 bits per heavy atom. The fraction of sp³-hybridized carbons (Fsp3) is 0.417. The summed E-state index contributed by atoms with van der Waals surface area (Å²) < 4.78 is 24.4. The van der Waals surface area contributed by atoms with Gasteiger partial charge in [0.15, 0.2) is 0 Å². The van der Waals surface area contributed by atoms with E-state index in [2.05, 4.69) is 5.32 Å². The molecule has 0 aromatic heterocycles. The summed E-state index contributed by atoms with van der Waals surface area (Å²) in [6, 6.07) is 4.02. The highest BCUT2D eigenvalue weighted by molar-refractivity contribution is 7.85. The van der Waals surface area contributed by atoms with Gasteiger partial charge in [-0.2, -0.15) is 0 Å². The zero-order chi connectivity index (χ0) is 13.1. The second-order valence-electron chi connectivity index (χ2n) is 4.33. The van der Waals surface area contributed by atoms with Crippen molar-refractivity contribution < 1.29 is 13.4 Å². The van der Waals surface area contributed by atoms with Gasteiger partial charge >= 0.3 is 0 Å². The van der Waals surface area contributed by atoms with Gasteiger partial charge in [0.1, 0.15) is 5.82 Å². The zero-order valence-electron chi connectivity index (χ0n) is 9.82. The third-order valence-electron chi connectivity index (χ3n) is 2.99. The van der Waals surface area contributed by atoms with Gasteiger partial charge < -0.3 is 11.1 Å². The first-order chi connectivity index (χ1) is 8.56. The van der Waals surface area contributed by atoms with Crippen molar-refractivity contribution in [2.24, 2.45) is 0 Å². The highest BCUT2D eigenvalue weighted by Crippen LogP contribution is 2.14. The first-order valence-corrected chi connectivity index (χ1v) is 7.26. The van der Waals surface area contributed by atoms with Crippen molar-refractivity contribution in [3.05, 3.63) is 29.6 Å². The summed E-state index contributed by atoms with van der Waals surface area (Å²) >= 11 is 0. The predicted octanol–water partition coefficient (Wildman–Crippen LogP) is 1.05. The monoisotopic (exact) mass is 270 g/mol. The van der Waals surface area contributed by atoms with E-state index < -0.39 is 16.6 Å². The first kappa shape index (κ1) is 13.0. The van der Waals surface area contributed by atoms with E-state index in [-0.39, 0.29) is 23.2 Å². The Bertz CT molecular complexity index is 483. The van der Waals surface area contributed by atoms with E-state index in [1.165, 1.54) is 12.1 Å². The number of nitrogens with one attached hydrogen (secondary N) is 1. The molecule has 1 aliphatic heterocycles. The number of nitrogens with two attached hydrogens (primary N) is 1. The lowest BCUT2D eigenvalue weighted by molar-refractivity contribution is 0.0934. The van der Waals surface area contributed by atoms with Crippen molar-refractivity contribution in [1.82, 2.24) is 5.32 Å². The second-order valence-corrected chi connectivity index (χ2v) is 6.03. The highest BCUT2D eigenvalue weighted by Gasteiger charge is 2.20. The van der Waals surface area contributed by atoms with Crippen molar-refractivity contribution in [2.75, 3.05) is 17.2 Å². The van der Waals surface area contributed by atoms with Gasteiger partial charge in [0, 0.05) is 33.9 Å². The fourth-order valence-corrected chi connectivity index (χ4v) is 3.17. The molecular formula is C12H15FN2O2S. The Kier molecular flexibility index (Phi) is 3.96. The molecule has 0 spiro atoms. The molecular weight excluding hydrogens is 255 g/mol. The minimum Gasteiger partial charge on any atom is -0.396 e. The van der Waals surface area contributed by atoms with Crippen LogP contribution in [0.1, 0.15) is 23.2 Å². The number of hydrogen-bond donors (Lipinski definition) is 2.